The number of nitrogens with zero attached hydrogens (tertiary/aromatic N) is 3. The van der Waals surface area contributed by atoms with E-state index in [1.807, 2.05) is 68.3 Å². The van der Waals surface area contributed by atoms with E-state index in [4.69, 9.17) is 0 Å². The van der Waals surface area contributed by atoms with Crippen LogP contribution in [0.15, 0.2) is 35.3 Å². The van der Waals surface area contributed by atoms with Crippen LogP contribution >= 0.6 is 0 Å². The zero-order chi connectivity index (χ0) is 13.5. The molecule has 0 heterocycles. The summed E-state index contributed by atoms with van der Waals surface area (Å²) >= 11 is 0. The molecule has 0 atom stereocenters. The number of hydrogen-bond acceptors (Lipinski definition) is 2. The van der Waals surface area contributed by atoms with Gasteiger partial charge in [-0.05, 0) is 12.1 Å². The molecule has 0 radical (unpaired) electrons. The van der Waals surface area contributed by atoms with E-state index in [0.717, 1.165) is 11.6 Å². The first-order chi connectivity index (χ1) is 8.50. The number of anilines is 1. The molecule has 0 spiro atoms. The van der Waals surface area contributed by atoms with Crippen molar-refractivity contribution in [1.82, 2.24) is 9.80 Å². The SMILES string of the molecule is CN(C)C(=NCC(=O)Nc1ccccc1)N(C)C. The van der Waals surface area contributed by atoms with Crippen LogP contribution in [0.5, 0.6) is 0 Å². The zero-order valence-corrected chi connectivity index (χ0v) is 11.3. The Hall–Kier alpha value is -2.04. The molecule has 1 rings (SSSR count). The number of rotatable bonds is 3. The van der Waals surface area contributed by atoms with Crippen LogP contribution < -0.4 is 5.32 Å². The zero-order valence-electron chi connectivity index (χ0n) is 11.3. The van der Waals surface area contributed by atoms with Crippen LogP contribution in [0.3, 0.4) is 0 Å². The second-order valence-electron chi connectivity index (χ2n) is 4.32. The first-order valence-electron chi connectivity index (χ1n) is 5.74. The average molecular weight is 248 g/mol. The third kappa shape index (κ3) is 4.45. The highest BCUT2D eigenvalue weighted by molar-refractivity contribution is 5.93. The second kappa shape index (κ2) is 6.64. The van der Waals surface area contributed by atoms with Gasteiger partial charge in [0.2, 0.25) is 5.91 Å². The van der Waals surface area contributed by atoms with E-state index in [1.165, 1.54) is 0 Å². The molecular weight excluding hydrogens is 228 g/mol. The molecule has 1 aromatic carbocycles. The Kier molecular flexibility index (Phi) is 5.17. The lowest BCUT2D eigenvalue weighted by Gasteiger charge is -2.22. The summed E-state index contributed by atoms with van der Waals surface area (Å²) in [6.07, 6.45) is 0. The van der Waals surface area contributed by atoms with Gasteiger partial charge in [-0.3, -0.25) is 4.79 Å². The van der Waals surface area contributed by atoms with Gasteiger partial charge in [0.25, 0.3) is 0 Å². The summed E-state index contributed by atoms with van der Waals surface area (Å²) in [6, 6.07) is 9.36. The van der Waals surface area contributed by atoms with Gasteiger partial charge >= 0.3 is 0 Å². The number of carbonyl (C=O) groups excluding carboxylic acids is 1. The van der Waals surface area contributed by atoms with Gasteiger partial charge in [-0.15, -0.1) is 0 Å². The number of amides is 1. The van der Waals surface area contributed by atoms with Gasteiger partial charge in [-0.2, -0.15) is 0 Å². The van der Waals surface area contributed by atoms with Gasteiger partial charge in [-0.25, -0.2) is 4.99 Å². The van der Waals surface area contributed by atoms with Crippen LogP contribution in [0.4, 0.5) is 5.69 Å². The van der Waals surface area contributed by atoms with Crippen molar-refractivity contribution in [2.75, 3.05) is 40.1 Å². The average Bonchev–Trinajstić information content (AvgIpc) is 2.29. The summed E-state index contributed by atoms with van der Waals surface area (Å²) in [5.74, 6) is 0.639. The third-order valence-corrected chi connectivity index (χ3v) is 2.22. The minimum atomic E-state index is -0.123. The Bertz CT molecular complexity index is 402. The van der Waals surface area contributed by atoms with Crippen molar-refractivity contribution >= 4 is 17.6 Å². The molecule has 0 fully saturated rings. The number of benzene rings is 1. The molecule has 1 N–H and O–H groups in total. The minimum absolute atomic E-state index is 0.112. The summed E-state index contributed by atoms with van der Waals surface area (Å²) in [4.78, 5) is 19.7. The summed E-state index contributed by atoms with van der Waals surface area (Å²) < 4.78 is 0. The Morgan fingerprint density at radius 1 is 1.11 bits per heavy atom. The Balaban J connectivity index is 2.57. The maximum atomic E-state index is 11.7. The first-order valence-corrected chi connectivity index (χ1v) is 5.74. The predicted molar refractivity (Wildman–Crippen MR) is 74.7 cm³/mol. The van der Waals surface area contributed by atoms with Crippen molar-refractivity contribution in [2.24, 2.45) is 4.99 Å². The fourth-order valence-electron chi connectivity index (χ4n) is 1.55. The molecule has 98 valence electrons. The number of nitrogens with one attached hydrogen (secondary N) is 1. The lowest BCUT2D eigenvalue weighted by Crippen LogP contribution is -2.36. The summed E-state index contributed by atoms with van der Waals surface area (Å²) in [5.41, 5.74) is 0.786. The Labute approximate surface area is 108 Å². The highest BCUT2D eigenvalue weighted by Gasteiger charge is 2.06. The maximum Gasteiger partial charge on any atom is 0.246 e. The van der Waals surface area contributed by atoms with Crippen molar-refractivity contribution in [1.29, 1.82) is 0 Å². The van der Waals surface area contributed by atoms with Gasteiger partial charge in [0.1, 0.15) is 6.54 Å². The molecule has 5 heteroatoms. The number of hydrogen-bond donors (Lipinski definition) is 1. The number of carbonyl (C=O) groups is 1. The van der Waals surface area contributed by atoms with Crippen LogP contribution in [-0.4, -0.2) is 56.4 Å². The number of aliphatic imine (C=N–C) groups is 1. The largest absolute Gasteiger partial charge is 0.349 e. The lowest BCUT2D eigenvalue weighted by atomic mass is 10.3. The van der Waals surface area contributed by atoms with E-state index in [-0.39, 0.29) is 12.5 Å². The van der Waals surface area contributed by atoms with Gasteiger partial charge in [0, 0.05) is 33.9 Å². The van der Waals surface area contributed by atoms with Crippen molar-refractivity contribution < 1.29 is 4.79 Å². The molecule has 0 unspecified atom stereocenters. The monoisotopic (exact) mass is 248 g/mol. The van der Waals surface area contributed by atoms with E-state index in [9.17, 15) is 4.79 Å². The van der Waals surface area contributed by atoms with E-state index >= 15 is 0 Å². The molecule has 18 heavy (non-hydrogen) atoms. The molecule has 0 bridgehead atoms. The van der Waals surface area contributed by atoms with Gasteiger partial charge in [0.15, 0.2) is 5.96 Å². The Morgan fingerprint density at radius 2 is 1.67 bits per heavy atom. The van der Waals surface area contributed by atoms with Crippen LogP contribution in [0, 0.1) is 0 Å². The smallest absolute Gasteiger partial charge is 0.246 e. The van der Waals surface area contributed by atoms with Crippen LogP contribution in [-0.2, 0) is 4.79 Å². The summed E-state index contributed by atoms with van der Waals surface area (Å²) in [7, 11) is 7.59. The van der Waals surface area contributed by atoms with E-state index in [0.29, 0.717) is 0 Å². The van der Waals surface area contributed by atoms with E-state index < -0.39 is 0 Å². The topological polar surface area (TPSA) is 47.9 Å². The molecular formula is C13H20N4O. The second-order valence-corrected chi connectivity index (χ2v) is 4.32. The van der Waals surface area contributed by atoms with Gasteiger partial charge in [-0.1, -0.05) is 18.2 Å². The maximum absolute atomic E-state index is 11.7. The fraction of sp³-hybridized carbons (Fsp3) is 0.385. The van der Waals surface area contributed by atoms with Crippen LogP contribution in [0.1, 0.15) is 0 Å². The molecule has 0 aromatic heterocycles. The van der Waals surface area contributed by atoms with Gasteiger partial charge < -0.3 is 15.1 Å². The highest BCUT2D eigenvalue weighted by Crippen LogP contribution is 2.04. The molecule has 0 aliphatic rings. The predicted octanol–water partition coefficient (Wildman–Crippen LogP) is 1.10. The van der Waals surface area contributed by atoms with Crippen LogP contribution in [0.2, 0.25) is 0 Å². The minimum Gasteiger partial charge on any atom is -0.349 e. The highest BCUT2D eigenvalue weighted by atomic mass is 16.1. The Morgan fingerprint density at radius 3 is 2.17 bits per heavy atom. The molecule has 0 aliphatic carbocycles. The number of guanidine groups is 1. The molecule has 0 saturated heterocycles. The van der Waals surface area contributed by atoms with Crippen molar-refractivity contribution in [3.05, 3.63) is 30.3 Å². The fourth-order valence-corrected chi connectivity index (χ4v) is 1.55. The van der Waals surface area contributed by atoms with Crippen molar-refractivity contribution in [2.45, 2.75) is 0 Å². The van der Waals surface area contributed by atoms with E-state index in [2.05, 4.69) is 10.3 Å². The van der Waals surface area contributed by atoms with Crippen LogP contribution in [0.25, 0.3) is 0 Å². The van der Waals surface area contributed by atoms with Gasteiger partial charge in [0.05, 0.1) is 0 Å². The standard InChI is InChI=1S/C13H20N4O/c1-16(2)13(17(3)4)14-10-12(18)15-11-8-6-5-7-9-11/h5-9H,10H2,1-4H3,(H,15,18). The van der Waals surface area contributed by atoms with Crippen molar-refractivity contribution in [3.8, 4) is 0 Å². The molecule has 0 aliphatic heterocycles. The molecule has 1 aromatic rings. The molecule has 5 nitrogen and oxygen atoms in total. The first kappa shape index (κ1) is 14.0. The lowest BCUT2D eigenvalue weighted by molar-refractivity contribution is -0.114. The molecule has 1 amide bonds. The van der Waals surface area contributed by atoms with E-state index in [1.54, 1.807) is 0 Å². The molecule has 0 saturated carbocycles. The summed E-state index contributed by atoms with van der Waals surface area (Å²) in [5, 5.41) is 2.79. The number of para-hydroxylation sites is 1. The quantitative estimate of drug-likeness (QED) is 0.644. The third-order valence-electron chi connectivity index (χ3n) is 2.22. The van der Waals surface area contributed by atoms with Crippen molar-refractivity contribution in [3.63, 3.8) is 0 Å². The summed E-state index contributed by atoms with van der Waals surface area (Å²) in [6.45, 7) is 0.112. The normalized spacial score (nSPS) is 9.56.